The van der Waals surface area contributed by atoms with Gasteiger partial charge in [0, 0.05) is 31.1 Å². The Morgan fingerprint density at radius 2 is 1.54 bits per heavy atom. The molecule has 0 unspecified atom stereocenters. The number of hydrogen-bond donors (Lipinski definition) is 0. The molecule has 0 aromatic heterocycles. The van der Waals surface area contributed by atoms with Crippen molar-refractivity contribution in [3.8, 4) is 0 Å². The molecule has 0 saturated heterocycles. The maximum absolute atomic E-state index is 14.3. The molecular weight excluding hydrogens is 526 g/mol. The van der Waals surface area contributed by atoms with E-state index in [-0.39, 0.29) is 37.1 Å². The number of hydrogen-bond acceptors (Lipinski definition) is 5. The lowest BCUT2D eigenvalue weighted by atomic mass is 9.88. The largest absolute Gasteiger partial charge is 0.461 e. The van der Waals surface area contributed by atoms with E-state index in [0.29, 0.717) is 32.3 Å². The number of halogens is 2. The maximum Gasteiger partial charge on any atom is 0.309 e. The minimum Gasteiger partial charge on any atom is -0.461 e. The van der Waals surface area contributed by atoms with Crippen LogP contribution in [0.25, 0.3) is 0 Å². The van der Waals surface area contributed by atoms with Crippen LogP contribution in [0.5, 0.6) is 0 Å². The topological polar surface area (TPSA) is 69.7 Å². The van der Waals surface area contributed by atoms with Gasteiger partial charge in [-0.2, -0.15) is 8.78 Å². The number of unbranched alkanes of at least 4 members (excludes halogenated alkanes) is 4. The van der Waals surface area contributed by atoms with Gasteiger partial charge < -0.3 is 9.47 Å². The first-order chi connectivity index (χ1) is 19.8. The molecule has 1 aliphatic rings. The summed E-state index contributed by atoms with van der Waals surface area (Å²) in [5.74, 6) is -5.65. The standard InChI is InChI=1S/C34H42F2O5/c1-2-3-22-34(35,36)32(38)21-20-29-28(30(37)23-31(29)40-24-26-14-8-6-9-15-26)18-12-4-5-13-19-33(39)41-25-27-16-10-7-11-17-27/h6-11,14-17,20-21,28-29,31H,2-5,12-13,18-19,22-25H2,1H3/b21-20+/t28-,29-,31-/m1/s1. The molecule has 0 aliphatic heterocycles. The number of benzene rings is 2. The fourth-order valence-electron chi connectivity index (χ4n) is 5.16. The average molecular weight is 569 g/mol. The zero-order valence-corrected chi connectivity index (χ0v) is 23.9. The normalized spacial score (nSPS) is 19.1. The van der Waals surface area contributed by atoms with E-state index in [4.69, 9.17) is 9.47 Å². The van der Waals surface area contributed by atoms with Crippen LogP contribution in [0.3, 0.4) is 0 Å². The monoisotopic (exact) mass is 568 g/mol. The molecule has 0 radical (unpaired) electrons. The molecule has 7 heteroatoms. The number of allylic oxidation sites excluding steroid dienone is 1. The summed E-state index contributed by atoms with van der Waals surface area (Å²) in [6.45, 7) is 2.37. The molecule has 222 valence electrons. The van der Waals surface area contributed by atoms with Gasteiger partial charge in [0.2, 0.25) is 5.78 Å². The van der Waals surface area contributed by atoms with E-state index in [1.54, 1.807) is 6.92 Å². The van der Waals surface area contributed by atoms with Crippen LogP contribution in [0.1, 0.15) is 82.3 Å². The Labute approximate surface area is 242 Å². The van der Waals surface area contributed by atoms with Crippen LogP contribution < -0.4 is 0 Å². The van der Waals surface area contributed by atoms with Crippen LogP contribution in [0.4, 0.5) is 8.78 Å². The lowest BCUT2D eigenvalue weighted by molar-refractivity contribution is -0.145. The Morgan fingerprint density at radius 3 is 2.20 bits per heavy atom. The predicted octanol–water partition coefficient (Wildman–Crippen LogP) is 7.81. The molecule has 0 amide bonds. The van der Waals surface area contributed by atoms with E-state index in [9.17, 15) is 23.2 Å². The average Bonchev–Trinajstić information content (AvgIpc) is 3.28. The van der Waals surface area contributed by atoms with Gasteiger partial charge in [-0.3, -0.25) is 14.4 Å². The summed E-state index contributed by atoms with van der Waals surface area (Å²) in [6.07, 6.45) is 6.55. The van der Waals surface area contributed by atoms with Crippen molar-refractivity contribution < 1.29 is 32.6 Å². The first-order valence-electron chi connectivity index (χ1n) is 14.8. The highest BCUT2D eigenvalue weighted by Crippen LogP contribution is 2.37. The first-order valence-corrected chi connectivity index (χ1v) is 14.8. The summed E-state index contributed by atoms with van der Waals surface area (Å²) in [5, 5.41) is 0. The summed E-state index contributed by atoms with van der Waals surface area (Å²) in [7, 11) is 0. The zero-order valence-electron chi connectivity index (χ0n) is 23.9. The van der Waals surface area contributed by atoms with Gasteiger partial charge in [0.15, 0.2) is 0 Å². The second-order valence-electron chi connectivity index (χ2n) is 10.8. The van der Waals surface area contributed by atoms with Crippen molar-refractivity contribution in [2.24, 2.45) is 11.8 Å². The van der Waals surface area contributed by atoms with Gasteiger partial charge in [-0.1, -0.05) is 99.3 Å². The first kappa shape index (κ1) is 32.3. The number of carbonyl (C=O) groups excluding carboxylic acids is 3. The number of ether oxygens (including phenoxy) is 2. The Kier molecular flexibility index (Phi) is 13.3. The lowest BCUT2D eigenvalue weighted by Crippen LogP contribution is -2.28. The smallest absolute Gasteiger partial charge is 0.309 e. The molecule has 3 atom stereocenters. The van der Waals surface area contributed by atoms with Crippen LogP contribution in [-0.4, -0.2) is 29.6 Å². The van der Waals surface area contributed by atoms with E-state index in [1.165, 1.54) is 6.08 Å². The van der Waals surface area contributed by atoms with Crippen molar-refractivity contribution in [3.05, 3.63) is 83.9 Å². The van der Waals surface area contributed by atoms with Crippen LogP contribution in [0.2, 0.25) is 0 Å². The molecule has 0 bridgehead atoms. The van der Waals surface area contributed by atoms with Gasteiger partial charge in [0.05, 0.1) is 12.7 Å². The molecule has 2 aromatic carbocycles. The van der Waals surface area contributed by atoms with E-state index in [2.05, 4.69) is 0 Å². The molecule has 0 spiro atoms. The van der Waals surface area contributed by atoms with Crippen LogP contribution >= 0.6 is 0 Å². The quantitative estimate of drug-likeness (QED) is 0.104. The number of Topliss-reactive ketones (excluding diaryl/α,β-unsaturated/α-hetero) is 1. The summed E-state index contributed by atoms with van der Waals surface area (Å²) in [5.41, 5.74) is 1.90. The zero-order chi connectivity index (χ0) is 29.5. The Balaban J connectivity index is 1.50. The van der Waals surface area contributed by atoms with Crippen molar-refractivity contribution in [1.82, 2.24) is 0 Å². The molecule has 1 fully saturated rings. The molecule has 0 N–H and O–H groups in total. The minimum absolute atomic E-state index is 0.0346. The Morgan fingerprint density at radius 1 is 0.902 bits per heavy atom. The second kappa shape index (κ2) is 16.9. The van der Waals surface area contributed by atoms with Crippen LogP contribution in [0, 0.1) is 11.8 Å². The van der Waals surface area contributed by atoms with Crippen molar-refractivity contribution >= 4 is 17.5 Å². The molecule has 2 aromatic rings. The molecule has 0 heterocycles. The van der Waals surface area contributed by atoms with Gasteiger partial charge in [-0.25, -0.2) is 0 Å². The van der Waals surface area contributed by atoms with Crippen molar-refractivity contribution in [1.29, 1.82) is 0 Å². The van der Waals surface area contributed by atoms with Gasteiger partial charge in [-0.15, -0.1) is 0 Å². The summed E-state index contributed by atoms with van der Waals surface area (Å²) >= 11 is 0. The molecule has 5 nitrogen and oxygen atoms in total. The van der Waals surface area contributed by atoms with Crippen LogP contribution in [-0.2, 0) is 37.1 Å². The number of carbonyl (C=O) groups is 3. The second-order valence-corrected chi connectivity index (χ2v) is 10.8. The third-order valence-corrected chi connectivity index (χ3v) is 7.58. The highest BCUT2D eigenvalue weighted by molar-refractivity contribution is 5.95. The molecule has 1 aliphatic carbocycles. The van der Waals surface area contributed by atoms with Gasteiger partial charge in [0.1, 0.15) is 12.4 Å². The van der Waals surface area contributed by atoms with E-state index in [0.717, 1.165) is 36.5 Å². The summed E-state index contributed by atoms with van der Waals surface area (Å²) < 4.78 is 40.0. The third kappa shape index (κ3) is 11.0. The van der Waals surface area contributed by atoms with Gasteiger partial charge in [0.25, 0.3) is 0 Å². The van der Waals surface area contributed by atoms with Crippen molar-refractivity contribution in [2.45, 2.75) is 96.4 Å². The SMILES string of the molecule is CCCCC(F)(F)C(=O)/C=C/[C@H]1[C@H](OCc2ccccc2)CC(=O)[C@@H]1CCCCCCC(=O)OCc1ccccc1. The Hall–Kier alpha value is -3.19. The molecule has 3 rings (SSSR count). The fourth-order valence-corrected chi connectivity index (χ4v) is 5.16. The van der Waals surface area contributed by atoms with E-state index >= 15 is 0 Å². The number of esters is 1. The van der Waals surface area contributed by atoms with Crippen molar-refractivity contribution in [2.75, 3.05) is 0 Å². The lowest BCUT2D eigenvalue weighted by Gasteiger charge is -2.22. The highest BCUT2D eigenvalue weighted by Gasteiger charge is 2.42. The van der Waals surface area contributed by atoms with Gasteiger partial charge in [-0.05, 0) is 36.5 Å². The number of rotatable bonds is 18. The molecular formula is C34H42F2O5. The molecule has 1 saturated carbocycles. The Bertz CT molecular complexity index is 1120. The maximum atomic E-state index is 14.3. The highest BCUT2D eigenvalue weighted by atomic mass is 19.3. The van der Waals surface area contributed by atoms with Crippen LogP contribution in [0.15, 0.2) is 72.8 Å². The third-order valence-electron chi connectivity index (χ3n) is 7.58. The van der Waals surface area contributed by atoms with E-state index in [1.807, 2.05) is 60.7 Å². The number of ketones is 2. The van der Waals surface area contributed by atoms with Crippen molar-refractivity contribution in [3.63, 3.8) is 0 Å². The predicted molar refractivity (Wildman–Crippen MR) is 154 cm³/mol. The van der Waals surface area contributed by atoms with E-state index < -0.39 is 30.1 Å². The minimum atomic E-state index is -3.41. The van der Waals surface area contributed by atoms with Gasteiger partial charge >= 0.3 is 11.9 Å². The summed E-state index contributed by atoms with van der Waals surface area (Å²) in [4.78, 5) is 37.3. The summed E-state index contributed by atoms with van der Waals surface area (Å²) in [6, 6.07) is 19.1. The fraction of sp³-hybridized carbons (Fsp3) is 0.500. The number of alkyl halides is 2. The molecule has 41 heavy (non-hydrogen) atoms.